The van der Waals surface area contributed by atoms with Crippen molar-refractivity contribution in [1.82, 2.24) is 5.32 Å². The first-order chi connectivity index (χ1) is 8.95. The van der Waals surface area contributed by atoms with Gasteiger partial charge in [0.15, 0.2) is 6.10 Å². The molecule has 0 aliphatic rings. The molecule has 5 nitrogen and oxygen atoms in total. The molecule has 0 bridgehead atoms. The van der Waals surface area contributed by atoms with Crippen LogP contribution in [0.2, 0.25) is 0 Å². The first-order valence-corrected chi connectivity index (χ1v) is 6.24. The van der Waals surface area contributed by atoms with Crippen LogP contribution in [0.1, 0.15) is 36.2 Å². The third kappa shape index (κ3) is 4.28. The lowest BCUT2D eigenvalue weighted by Gasteiger charge is -2.16. The molecular weight excluding hydrogens is 246 g/mol. The second kappa shape index (κ2) is 6.78. The van der Waals surface area contributed by atoms with E-state index in [1.54, 1.807) is 19.9 Å². The Hall–Kier alpha value is -2.04. The topological polar surface area (TPSA) is 75.6 Å². The molecule has 104 valence electrons. The van der Waals surface area contributed by atoms with Crippen LogP contribution in [-0.4, -0.2) is 29.6 Å². The van der Waals surface area contributed by atoms with Crippen LogP contribution in [0.5, 0.6) is 5.75 Å². The maximum Gasteiger partial charge on any atom is 0.335 e. The summed E-state index contributed by atoms with van der Waals surface area (Å²) >= 11 is 0. The summed E-state index contributed by atoms with van der Waals surface area (Å²) < 4.78 is 5.53. The van der Waals surface area contributed by atoms with Gasteiger partial charge in [-0.15, -0.1) is 0 Å². The van der Waals surface area contributed by atoms with Crippen LogP contribution >= 0.6 is 0 Å². The van der Waals surface area contributed by atoms with Gasteiger partial charge in [-0.2, -0.15) is 0 Å². The molecule has 0 saturated carbocycles. The van der Waals surface area contributed by atoms with Gasteiger partial charge in [-0.05, 0) is 44.0 Å². The molecule has 1 aromatic rings. The normalized spacial score (nSPS) is 11.7. The number of nitrogens with one attached hydrogen (secondary N) is 1. The molecule has 0 radical (unpaired) electrons. The van der Waals surface area contributed by atoms with Crippen LogP contribution in [-0.2, 0) is 4.79 Å². The number of hydrogen-bond donors (Lipinski definition) is 2. The van der Waals surface area contributed by atoms with E-state index in [1.807, 2.05) is 6.92 Å². The molecule has 0 spiro atoms. The predicted molar refractivity (Wildman–Crippen MR) is 71.5 cm³/mol. The van der Waals surface area contributed by atoms with Crippen molar-refractivity contribution in [3.63, 3.8) is 0 Å². The second-order valence-corrected chi connectivity index (χ2v) is 4.34. The summed E-state index contributed by atoms with van der Waals surface area (Å²) in [5.41, 5.74) is 0.892. The Morgan fingerprint density at radius 1 is 1.42 bits per heavy atom. The minimum Gasteiger partial charge on any atom is -0.481 e. The van der Waals surface area contributed by atoms with Crippen LogP contribution in [0.4, 0.5) is 0 Å². The third-order valence-electron chi connectivity index (χ3n) is 2.64. The molecule has 1 unspecified atom stereocenters. The number of rotatable bonds is 6. The average molecular weight is 265 g/mol. The van der Waals surface area contributed by atoms with Gasteiger partial charge in [0.05, 0.1) is 5.56 Å². The zero-order chi connectivity index (χ0) is 14.4. The molecule has 1 aromatic carbocycles. The Balaban J connectivity index is 2.71. The van der Waals surface area contributed by atoms with Crippen molar-refractivity contribution in [2.45, 2.75) is 33.3 Å². The number of ether oxygens (including phenoxy) is 1. The summed E-state index contributed by atoms with van der Waals surface area (Å²) in [5.74, 6) is -0.643. The molecule has 1 atom stereocenters. The number of carboxylic acid groups (broad SMARTS) is 1. The number of amides is 1. The molecule has 1 rings (SSSR count). The molecule has 19 heavy (non-hydrogen) atoms. The number of hydrogen-bond acceptors (Lipinski definition) is 3. The van der Waals surface area contributed by atoms with E-state index in [0.717, 1.165) is 6.42 Å². The standard InChI is InChI=1S/C14H19NO4/c1-4-7-15-13(16)10(3)19-12-6-5-11(14(17)18)8-9(12)2/h5-6,8,10H,4,7H2,1-3H3,(H,15,16)(H,17,18). The maximum atomic E-state index is 11.7. The summed E-state index contributed by atoms with van der Waals surface area (Å²) in [7, 11) is 0. The van der Waals surface area contributed by atoms with Gasteiger partial charge in [-0.1, -0.05) is 6.92 Å². The smallest absolute Gasteiger partial charge is 0.335 e. The van der Waals surface area contributed by atoms with Crippen LogP contribution in [0.15, 0.2) is 18.2 Å². The van der Waals surface area contributed by atoms with Crippen molar-refractivity contribution in [3.05, 3.63) is 29.3 Å². The quantitative estimate of drug-likeness (QED) is 0.824. The number of aromatic carboxylic acids is 1. The van der Waals surface area contributed by atoms with Gasteiger partial charge >= 0.3 is 5.97 Å². The highest BCUT2D eigenvalue weighted by Crippen LogP contribution is 2.20. The lowest BCUT2D eigenvalue weighted by atomic mass is 10.1. The highest BCUT2D eigenvalue weighted by atomic mass is 16.5. The first-order valence-electron chi connectivity index (χ1n) is 6.24. The molecule has 0 aliphatic heterocycles. The fourth-order valence-corrected chi connectivity index (χ4v) is 1.55. The molecule has 1 amide bonds. The van der Waals surface area contributed by atoms with E-state index < -0.39 is 12.1 Å². The summed E-state index contributed by atoms with van der Waals surface area (Å²) in [4.78, 5) is 22.5. The van der Waals surface area contributed by atoms with Crippen LogP contribution < -0.4 is 10.1 Å². The molecule has 2 N–H and O–H groups in total. The number of carboxylic acids is 1. The van der Waals surface area contributed by atoms with Crippen molar-refractivity contribution in [3.8, 4) is 5.75 Å². The first kappa shape index (κ1) is 15.0. The van der Waals surface area contributed by atoms with E-state index in [9.17, 15) is 9.59 Å². The van der Waals surface area contributed by atoms with E-state index in [-0.39, 0.29) is 11.5 Å². The van der Waals surface area contributed by atoms with E-state index in [4.69, 9.17) is 9.84 Å². The lowest BCUT2D eigenvalue weighted by molar-refractivity contribution is -0.127. The zero-order valence-electron chi connectivity index (χ0n) is 11.4. The molecule has 0 aromatic heterocycles. The van der Waals surface area contributed by atoms with Gasteiger partial charge in [0.2, 0.25) is 0 Å². The fourth-order valence-electron chi connectivity index (χ4n) is 1.55. The van der Waals surface area contributed by atoms with Crippen molar-refractivity contribution < 1.29 is 19.4 Å². The molecular formula is C14H19NO4. The monoisotopic (exact) mass is 265 g/mol. The van der Waals surface area contributed by atoms with Crippen molar-refractivity contribution in [1.29, 1.82) is 0 Å². The second-order valence-electron chi connectivity index (χ2n) is 4.34. The van der Waals surface area contributed by atoms with Crippen LogP contribution in [0.3, 0.4) is 0 Å². The Kier molecular flexibility index (Phi) is 5.36. The van der Waals surface area contributed by atoms with Crippen LogP contribution in [0.25, 0.3) is 0 Å². The number of carbonyl (C=O) groups is 2. The van der Waals surface area contributed by atoms with Gasteiger partial charge in [0.1, 0.15) is 5.75 Å². The van der Waals surface area contributed by atoms with Crippen molar-refractivity contribution in [2.75, 3.05) is 6.54 Å². The SMILES string of the molecule is CCCNC(=O)C(C)Oc1ccc(C(=O)O)cc1C. The number of benzene rings is 1. The summed E-state index contributed by atoms with van der Waals surface area (Å²) in [6, 6.07) is 4.55. The lowest BCUT2D eigenvalue weighted by Crippen LogP contribution is -2.36. The minimum atomic E-state index is -0.983. The molecule has 0 heterocycles. The highest BCUT2D eigenvalue weighted by molar-refractivity contribution is 5.88. The van der Waals surface area contributed by atoms with Gasteiger partial charge in [-0.25, -0.2) is 4.79 Å². The average Bonchev–Trinajstić information content (AvgIpc) is 2.37. The molecule has 5 heteroatoms. The van der Waals surface area contributed by atoms with Crippen molar-refractivity contribution >= 4 is 11.9 Å². The van der Waals surface area contributed by atoms with Gasteiger partial charge in [0.25, 0.3) is 5.91 Å². The highest BCUT2D eigenvalue weighted by Gasteiger charge is 2.15. The molecule has 0 aliphatic carbocycles. The van der Waals surface area contributed by atoms with E-state index >= 15 is 0 Å². The zero-order valence-corrected chi connectivity index (χ0v) is 11.4. The van der Waals surface area contributed by atoms with E-state index in [0.29, 0.717) is 17.9 Å². The van der Waals surface area contributed by atoms with E-state index in [1.165, 1.54) is 12.1 Å². The minimum absolute atomic E-state index is 0.177. The fraction of sp³-hybridized carbons (Fsp3) is 0.429. The summed E-state index contributed by atoms with van der Waals surface area (Å²) in [5, 5.41) is 11.6. The number of carbonyl (C=O) groups excluding carboxylic acids is 1. The van der Waals surface area contributed by atoms with Gasteiger partial charge < -0.3 is 15.2 Å². The van der Waals surface area contributed by atoms with E-state index in [2.05, 4.69) is 5.32 Å². The predicted octanol–water partition coefficient (Wildman–Crippen LogP) is 1.99. The maximum absolute atomic E-state index is 11.7. The summed E-state index contributed by atoms with van der Waals surface area (Å²) in [6.07, 6.45) is 0.256. The Labute approximate surface area is 112 Å². The van der Waals surface area contributed by atoms with Gasteiger partial charge in [-0.3, -0.25) is 4.79 Å². The van der Waals surface area contributed by atoms with Crippen molar-refractivity contribution in [2.24, 2.45) is 0 Å². The Morgan fingerprint density at radius 3 is 2.63 bits per heavy atom. The number of aryl methyl sites for hydroxylation is 1. The van der Waals surface area contributed by atoms with Gasteiger partial charge in [0, 0.05) is 6.54 Å². The summed E-state index contributed by atoms with van der Waals surface area (Å²) in [6.45, 7) is 6.00. The Bertz CT molecular complexity index is 471. The van der Waals surface area contributed by atoms with Crippen LogP contribution in [0, 0.1) is 6.92 Å². The molecule has 0 saturated heterocycles. The largest absolute Gasteiger partial charge is 0.481 e. The Morgan fingerprint density at radius 2 is 2.11 bits per heavy atom. The third-order valence-corrected chi connectivity index (χ3v) is 2.64. The molecule has 0 fully saturated rings.